The summed E-state index contributed by atoms with van der Waals surface area (Å²) in [5, 5.41) is 3.51. The summed E-state index contributed by atoms with van der Waals surface area (Å²) in [7, 11) is 0. The molecule has 4 heteroatoms. The van der Waals surface area contributed by atoms with Gasteiger partial charge in [-0.25, -0.2) is 0 Å². The third-order valence-electron chi connectivity index (χ3n) is 2.17. The Morgan fingerprint density at radius 3 is 2.81 bits per heavy atom. The Bertz CT molecular complexity index is 355. The zero-order chi connectivity index (χ0) is 12.0. The van der Waals surface area contributed by atoms with Crippen LogP contribution in [0.2, 0.25) is 5.02 Å². The molecule has 0 saturated heterocycles. The molecule has 0 radical (unpaired) electrons. The highest BCUT2D eigenvalue weighted by molar-refractivity contribution is 9.09. The Morgan fingerprint density at radius 2 is 2.19 bits per heavy atom. The molecule has 0 aromatic heterocycles. The zero-order valence-corrected chi connectivity index (χ0v) is 11.5. The summed E-state index contributed by atoms with van der Waals surface area (Å²) in [6.45, 7) is 2.75. The minimum atomic E-state index is 0.0150. The van der Waals surface area contributed by atoms with Crippen LogP contribution in [0.15, 0.2) is 24.3 Å². The minimum absolute atomic E-state index is 0.0150. The largest absolute Gasteiger partial charge is 0.356 e. The van der Waals surface area contributed by atoms with Gasteiger partial charge in [0.25, 0.3) is 0 Å². The van der Waals surface area contributed by atoms with Gasteiger partial charge in [-0.15, -0.1) is 0 Å². The van der Waals surface area contributed by atoms with Gasteiger partial charge in [-0.3, -0.25) is 4.79 Å². The molecule has 16 heavy (non-hydrogen) atoms. The van der Waals surface area contributed by atoms with E-state index in [0.29, 0.717) is 22.8 Å². The Morgan fingerprint density at radius 1 is 1.50 bits per heavy atom. The molecule has 1 amide bonds. The third-order valence-corrected chi connectivity index (χ3v) is 3.00. The summed E-state index contributed by atoms with van der Waals surface area (Å²) < 4.78 is 0. The van der Waals surface area contributed by atoms with Gasteiger partial charge in [0.2, 0.25) is 5.91 Å². The van der Waals surface area contributed by atoms with Crippen LogP contribution < -0.4 is 5.32 Å². The van der Waals surface area contributed by atoms with Crippen LogP contribution in [-0.4, -0.2) is 17.3 Å². The zero-order valence-electron chi connectivity index (χ0n) is 9.17. The number of benzene rings is 1. The lowest BCUT2D eigenvalue weighted by molar-refractivity contribution is -0.120. The maximum Gasteiger partial charge on any atom is 0.224 e. The molecular weight excluding hydrogens is 289 g/mol. The van der Waals surface area contributed by atoms with E-state index in [4.69, 9.17) is 11.6 Å². The van der Waals surface area contributed by atoms with E-state index in [-0.39, 0.29) is 5.91 Å². The molecule has 1 aromatic rings. The second kappa shape index (κ2) is 6.92. The fourth-order valence-electron chi connectivity index (χ4n) is 1.29. The van der Waals surface area contributed by atoms with Gasteiger partial charge >= 0.3 is 0 Å². The van der Waals surface area contributed by atoms with Gasteiger partial charge in [0.15, 0.2) is 0 Å². The number of carbonyl (C=O) groups is 1. The van der Waals surface area contributed by atoms with Crippen molar-refractivity contribution in [2.24, 2.45) is 0 Å². The molecule has 88 valence electrons. The number of rotatable bonds is 5. The van der Waals surface area contributed by atoms with Crippen LogP contribution in [0.4, 0.5) is 0 Å². The van der Waals surface area contributed by atoms with E-state index >= 15 is 0 Å². The first-order valence-electron chi connectivity index (χ1n) is 5.23. The molecule has 1 rings (SSSR count). The van der Waals surface area contributed by atoms with Crippen LogP contribution in [0.1, 0.15) is 18.9 Å². The molecule has 0 saturated carbocycles. The monoisotopic (exact) mass is 303 g/mol. The van der Waals surface area contributed by atoms with Crippen LogP contribution >= 0.6 is 27.5 Å². The van der Waals surface area contributed by atoms with Crippen molar-refractivity contribution >= 4 is 33.4 Å². The maximum atomic E-state index is 11.6. The Kier molecular flexibility index (Phi) is 5.85. The second-order valence-electron chi connectivity index (χ2n) is 3.69. The fourth-order valence-corrected chi connectivity index (χ4v) is 1.72. The van der Waals surface area contributed by atoms with E-state index in [1.807, 2.05) is 18.2 Å². The number of hydrogen-bond acceptors (Lipinski definition) is 1. The number of amides is 1. The summed E-state index contributed by atoms with van der Waals surface area (Å²) >= 11 is 9.40. The Hall–Kier alpha value is -0.540. The molecule has 0 bridgehead atoms. The molecule has 0 aliphatic carbocycles. The first kappa shape index (κ1) is 13.5. The van der Waals surface area contributed by atoms with E-state index < -0.39 is 0 Å². The quantitative estimate of drug-likeness (QED) is 0.832. The lowest BCUT2D eigenvalue weighted by Gasteiger charge is -2.07. The Labute approximate surface area is 110 Å². The number of nitrogens with one attached hydrogen (secondary N) is 1. The van der Waals surface area contributed by atoms with E-state index in [2.05, 4.69) is 28.2 Å². The first-order chi connectivity index (χ1) is 7.59. The van der Waals surface area contributed by atoms with Crippen molar-refractivity contribution in [1.82, 2.24) is 5.32 Å². The molecule has 1 aromatic carbocycles. The number of carbonyl (C=O) groups excluding carboxylic acids is 1. The van der Waals surface area contributed by atoms with Crippen molar-refractivity contribution in [3.8, 4) is 0 Å². The van der Waals surface area contributed by atoms with Gasteiger partial charge in [-0.2, -0.15) is 0 Å². The van der Waals surface area contributed by atoms with E-state index in [1.165, 1.54) is 0 Å². The van der Waals surface area contributed by atoms with E-state index in [0.717, 1.165) is 12.0 Å². The van der Waals surface area contributed by atoms with Crippen molar-refractivity contribution < 1.29 is 4.79 Å². The van der Waals surface area contributed by atoms with Crippen molar-refractivity contribution in [1.29, 1.82) is 0 Å². The minimum Gasteiger partial charge on any atom is -0.356 e. The van der Waals surface area contributed by atoms with Crippen LogP contribution in [0, 0.1) is 0 Å². The average Bonchev–Trinajstić information content (AvgIpc) is 2.21. The highest BCUT2D eigenvalue weighted by Crippen LogP contribution is 2.15. The van der Waals surface area contributed by atoms with Crippen LogP contribution in [0.5, 0.6) is 0 Å². The highest BCUT2D eigenvalue weighted by atomic mass is 79.9. The summed E-state index contributed by atoms with van der Waals surface area (Å²) in [4.78, 5) is 12.0. The van der Waals surface area contributed by atoms with Gasteiger partial charge in [-0.1, -0.05) is 52.7 Å². The predicted molar refractivity (Wildman–Crippen MR) is 71.2 cm³/mol. The van der Waals surface area contributed by atoms with Gasteiger partial charge in [0.05, 0.1) is 6.42 Å². The normalized spacial score (nSPS) is 12.2. The predicted octanol–water partition coefficient (Wildman–Crippen LogP) is 3.17. The lowest BCUT2D eigenvalue weighted by Crippen LogP contribution is -2.27. The van der Waals surface area contributed by atoms with Crippen LogP contribution in [0.3, 0.4) is 0 Å². The second-order valence-corrected chi connectivity index (χ2v) is 5.66. The van der Waals surface area contributed by atoms with Gasteiger partial charge in [0, 0.05) is 16.4 Å². The van der Waals surface area contributed by atoms with Gasteiger partial charge in [0.1, 0.15) is 0 Å². The van der Waals surface area contributed by atoms with Crippen molar-refractivity contribution in [2.75, 3.05) is 6.54 Å². The maximum absolute atomic E-state index is 11.6. The van der Waals surface area contributed by atoms with E-state index in [9.17, 15) is 4.79 Å². The van der Waals surface area contributed by atoms with Gasteiger partial charge < -0.3 is 5.32 Å². The van der Waals surface area contributed by atoms with Crippen LogP contribution in [-0.2, 0) is 11.2 Å². The molecule has 2 nitrogen and oxygen atoms in total. The molecule has 0 heterocycles. The Balaban J connectivity index is 2.37. The molecular formula is C12H15BrClNO. The molecule has 0 aliphatic heterocycles. The molecule has 1 N–H and O–H groups in total. The smallest absolute Gasteiger partial charge is 0.224 e. The standard InChI is InChI=1S/C12H15BrClNO/c1-9(13)6-7-15-12(16)8-10-4-2-3-5-11(10)14/h2-5,9H,6-8H2,1H3,(H,15,16). The SMILES string of the molecule is CC(Br)CCNC(=O)Cc1ccccc1Cl. The molecule has 1 atom stereocenters. The summed E-state index contributed by atoms with van der Waals surface area (Å²) in [5.41, 5.74) is 0.869. The molecule has 0 aliphatic rings. The van der Waals surface area contributed by atoms with Crippen molar-refractivity contribution in [3.63, 3.8) is 0 Å². The van der Waals surface area contributed by atoms with Gasteiger partial charge in [-0.05, 0) is 18.1 Å². The third kappa shape index (κ3) is 4.99. The highest BCUT2D eigenvalue weighted by Gasteiger charge is 2.06. The average molecular weight is 305 g/mol. The fraction of sp³-hybridized carbons (Fsp3) is 0.417. The topological polar surface area (TPSA) is 29.1 Å². The van der Waals surface area contributed by atoms with Crippen LogP contribution in [0.25, 0.3) is 0 Å². The molecule has 0 spiro atoms. The summed E-state index contributed by atoms with van der Waals surface area (Å²) in [5.74, 6) is 0.0150. The van der Waals surface area contributed by atoms with Crippen molar-refractivity contribution in [3.05, 3.63) is 34.9 Å². The molecule has 0 fully saturated rings. The van der Waals surface area contributed by atoms with Crippen molar-refractivity contribution in [2.45, 2.75) is 24.6 Å². The lowest BCUT2D eigenvalue weighted by atomic mass is 10.1. The number of halogens is 2. The number of hydrogen-bond donors (Lipinski definition) is 1. The van der Waals surface area contributed by atoms with E-state index in [1.54, 1.807) is 6.07 Å². The number of alkyl halides is 1. The summed E-state index contributed by atoms with van der Waals surface area (Å²) in [6.07, 6.45) is 1.27. The first-order valence-corrected chi connectivity index (χ1v) is 6.53. The summed E-state index contributed by atoms with van der Waals surface area (Å²) in [6, 6.07) is 7.41. The molecule has 1 unspecified atom stereocenters.